The van der Waals surface area contributed by atoms with E-state index in [1.807, 2.05) is 30.3 Å². The Morgan fingerprint density at radius 2 is 1.60 bits per heavy atom. The summed E-state index contributed by atoms with van der Waals surface area (Å²) in [5.41, 5.74) is 3.74. The van der Waals surface area contributed by atoms with Crippen molar-refractivity contribution >= 4 is 38.6 Å². The first-order valence-electron chi connectivity index (χ1n) is 11.7. The third-order valence-electron chi connectivity index (χ3n) is 6.17. The summed E-state index contributed by atoms with van der Waals surface area (Å²) in [6.07, 6.45) is 1.78. The molecule has 0 aliphatic carbocycles. The van der Waals surface area contributed by atoms with Crippen LogP contribution in [-0.4, -0.2) is 49.0 Å². The number of fused-ring (bicyclic) bond motifs is 1. The summed E-state index contributed by atoms with van der Waals surface area (Å²) in [5.74, 6) is 0.493. The molecule has 8 heteroatoms. The number of aromatic nitrogens is 1. The Morgan fingerprint density at radius 1 is 0.914 bits per heavy atom. The summed E-state index contributed by atoms with van der Waals surface area (Å²) in [6.45, 7) is 1.61. The maximum Gasteiger partial charge on any atom is 0.251 e. The number of thioether (sulfide) groups is 1. The van der Waals surface area contributed by atoms with Gasteiger partial charge in [-0.1, -0.05) is 48.5 Å². The molecule has 1 amide bonds. The van der Waals surface area contributed by atoms with Gasteiger partial charge in [-0.25, -0.2) is 8.42 Å². The number of benzene rings is 3. The van der Waals surface area contributed by atoms with Crippen molar-refractivity contribution in [2.24, 2.45) is 0 Å². The lowest BCUT2D eigenvalue weighted by molar-refractivity contribution is 0.0956. The number of aromatic amines is 1. The van der Waals surface area contributed by atoms with E-state index < -0.39 is 10.0 Å². The maximum atomic E-state index is 12.7. The van der Waals surface area contributed by atoms with Gasteiger partial charge in [-0.05, 0) is 48.7 Å². The molecule has 1 aliphatic rings. The average Bonchev–Trinajstić information content (AvgIpc) is 3.56. The van der Waals surface area contributed by atoms with Gasteiger partial charge in [0.05, 0.1) is 10.6 Å². The van der Waals surface area contributed by atoms with Crippen LogP contribution in [-0.2, 0) is 10.0 Å². The second kappa shape index (κ2) is 10.3. The Labute approximate surface area is 209 Å². The number of nitrogens with one attached hydrogen (secondary N) is 2. The normalized spacial score (nSPS) is 14.4. The molecule has 0 atom stereocenters. The highest BCUT2D eigenvalue weighted by molar-refractivity contribution is 7.99. The van der Waals surface area contributed by atoms with E-state index in [1.54, 1.807) is 23.9 Å². The molecule has 5 rings (SSSR count). The van der Waals surface area contributed by atoms with Crippen LogP contribution in [0.2, 0.25) is 0 Å². The van der Waals surface area contributed by atoms with Crippen LogP contribution < -0.4 is 5.32 Å². The van der Waals surface area contributed by atoms with Crippen molar-refractivity contribution in [3.8, 4) is 11.3 Å². The van der Waals surface area contributed by atoms with Crippen LogP contribution >= 0.6 is 11.8 Å². The zero-order chi connectivity index (χ0) is 24.3. The summed E-state index contributed by atoms with van der Waals surface area (Å²) < 4.78 is 26.9. The summed E-state index contributed by atoms with van der Waals surface area (Å²) in [6, 6.07) is 24.7. The predicted octanol–water partition coefficient (Wildman–Crippen LogP) is 5.14. The number of amides is 1. The number of H-pyrrole nitrogens is 1. The molecule has 6 nitrogen and oxygen atoms in total. The first-order valence-corrected chi connectivity index (χ1v) is 14.1. The fourth-order valence-corrected chi connectivity index (χ4v) is 6.92. The smallest absolute Gasteiger partial charge is 0.251 e. The number of rotatable bonds is 8. The minimum Gasteiger partial charge on any atom is -0.354 e. The SMILES string of the molecule is O=C(NCCSc1c(-c2ccccc2)[nH]c2ccccc12)c1ccc(S(=O)(=O)N2CCCC2)cc1. The molecule has 1 aliphatic heterocycles. The lowest BCUT2D eigenvalue weighted by Crippen LogP contribution is -2.28. The van der Waals surface area contributed by atoms with Crippen LogP contribution in [0.3, 0.4) is 0 Å². The number of hydrogen-bond acceptors (Lipinski definition) is 4. The van der Waals surface area contributed by atoms with Crippen molar-refractivity contribution in [2.75, 3.05) is 25.4 Å². The van der Waals surface area contributed by atoms with Gasteiger partial charge >= 0.3 is 0 Å². The van der Waals surface area contributed by atoms with Gasteiger partial charge in [-0.3, -0.25) is 4.79 Å². The molecule has 180 valence electrons. The Kier molecular flexibility index (Phi) is 6.95. The molecule has 0 bridgehead atoms. The van der Waals surface area contributed by atoms with Crippen molar-refractivity contribution < 1.29 is 13.2 Å². The summed E-state index contributed by atoms with van der Waals surface area (Å²) >= 11 is 1.70. The fourth-order valence-electron chi connectivity index (χ4n) is 4.35. The van der Waals surface area contributed by atoms with Crippen molar-refractivity contribution in [3.63, 3.8) is 0 Å². The fraction of sp³-hybridized carbons (Fsp3) is 0.222. The Bertz CT molecular complexity index is 1430. The molecule has 0 radical (unpaired) electrons. The maximum absolute atomic E-state index is 12.7. The number of carbonyl (C=O) groups excluding carboxylic acids is 1. The monoisotopic (exact) mass is 505 g/mol. The predicted molar refractivity (Wildman–Crippen MR) is 141 cm³/mol. The van der Waals surface area contributed by atoms with Gasteiger partial charge in [0.25, 0.3) is 5.91 Å². The van der Waals surface area contributed by atoms with Gasteiger partial charge in [0, 0.05) is 46.7 Å². The van der Waals surface area contributed by atoms with E-state index in [2.05, 4.69) is 34.6 Å². The van der Waals surface area contributed by atoms with Gasteiger partial charge in [-0.15, -0.1) is 11.8 Å². The summed E-state index contributed by atoms with van der Waals surface area (Å²) in [7, 11) is -3.48. The van der Waals surface area contributed by atoms with Crippen molar-refractivity contribution in [1.29, 1.82) is 0 Å². The molecule has 2 N–H and O–H groups in total. The second-order valence-corrected chi connectivity index (χ2v) is 11.5. The molecular weight excluding hydrogens is 478 g/mol. The van der Waals surface area contributed by atoms with Crippen molar-refractivity contribution in [3.05, 3.63) is 84.4 Å². The zero-order valence-electron chi connectivity index (χ0n) is 19.2. The minimum atomic E-state index is -3.48. The van der Waals surface area contributed by atoms with Crippen LogP contribution in [0.4, 0.5) is 0 Å². The van der Waals surface area contributed by atoms with Crippen LogP contribution in [0.25, 0.3) is 22.2 Å². The van der Waals surface area contributed by atoms with Crippen LogP contribution in [0.1, 0.15) is 23.2 Å². The minimum absolute atomic E-state index is 0.210. The van der Waals surface area contributed by atoms with E-state index in [0.29, 0.717) is 31.0 Å². The molecule has 3 aromatic carbocycles. The van der Waals surface area contributed by atoms with Crippen molar-refractivity contribution in [1.82, 2.24) is 14.6 Å². The Morgan fingerprint density at radius 3 is 2.34 bits per heavy atom. The largest absolute Gasteiger partial charge is 0.354 e. The molecule has 35 heavy (non-hydrogen) atoms. The molecule has 1 saturated heterocycles. The van der Waals surface area contributed by atoms with Gasteiger partial charge in [0.15, 0.2) is 0 Å². The number of sulfonamides is 1. The lowest BCUT2D eigenvalue weighted by atomic mass is 10.1. The van der Waals surface area contributed by atoms with E-state index >= 15 is 0 Å². The third kappa shape index (κ3) is 5.00. The topological polar surface area (TPSA) is 82.3 Å². The number of nitrogens with zero attached hydrogens (tertiary/aromatic N) is 1. The first-order chi connectivity index (χ1) is 17.0. The number of carbonyl (C=O) groups is 1. The second-order valence-electron chi connectivity index (χ2n) is 8.48. The summed E-state index contributed by atoms with van der Waals surface area (Å²) in [5, 5.41) is 4.12. The highest BCUT2D eigenvalue weighted by Crippen LogP contribution is 2.37. The lowest BCUT2D eigenvalue weighted by Gasteiger charge is -2.15. The molecule has 0 spiro atoms. The molecule has 1 fully saturated rings. The van der Waals surface area contributed by atoms with Gasteiger partial charge in [0.2, 0.25) is 10.0 Å². The standard InChI is InChI=1S/C27H27N3O3S2/c31-27(21-12-14-22(15-13-21)35(32,33)30-17-6-7-18-30)28-16-19-34-26-23-10-4-5-11-24(23)29-25(26)20-8-2-1-3-9-20/h1-5,8-15,29H,6-7,16-19H2,(H,28,31). The Balaban J connectivity index is 1.22. The highest BCUT2D eigenvalue weighted by atomic mass is 32.2. The van der Waals surface area contributed by atoms with E-state index in [-0.39, 0.29) is 10.8 Å². The van der Waals surface area contributed by atoms with E-state index in [4.69, 9.17) is 0 Å². The first kappa shape index (κ1) is 23.7. The van der Waals surface area contributed by atoms with E-state index in [0.717, 1.165) is 39.9 Å². The van der Waals surface area contributed by atoms with Crippen LogP contribution in [0, 0.1) is 0 Å². The average molecular weight is 506 g/mol. The van der Waals surface area contributed by atoms with Crippen LogP contribution in [0.15, 0.2) is 88.7 Å². The third-order valence-corrected chi connectivity index (χ3v) is 9.21. The number of para-hydroxylation sites is 1. The molecular formula is C27H27N3O3S2. The molecule has 0 saturated carbocycles. The zero-order valence-corrected chi connectivity index (χ0v) is 20.9. The number of hydrogen-bond donors (Lipinski definition) is 2. The molecule has 2 heterocycles. The molecule has 0 unspecified atom stereocenters. The van der Waals surface area contributed by atoms with Gasteiger partial charge in [-0.2, -0.15) is 4.31 Å². The van der Waals surface area contributed by atoms with E-state index in [1.165, 1.54) is 16.4 Å². The van der Waals surface area contributed by atoms with Gasteiger partial charge < -0.3 is 10.3 Å². The molecule has 4 aromatic rings. The van der Waals surface area contributed by atoms with Crippen LogP contribution in [0.5, 0.6) is 0 Å². The van der Waals surface area contributed by atoms with Gasteiger partial charge in [0.1, 0.15) is 0 Å². The quantitative estimate of drug-likeness (QED) is 0.257. The summed E-state index contributed by atoms with van der Waals surface area (Å²) in [4.78, 5) is 17.6. The molecule has 1 aromatic heterocycles. The Hall–Kier alpha value is -3.07. The van der Waals surface area contributed by atoms with Crippen molar-refractivity contribution in [2.45, 2.75) is 22.6 Å². The highest BCUT2D eigenvalue weighted by Gasteiger charge is 2.27. The van der Waals surface area contributed by atoms with E-state index in [9.17, 15) is 13.2 Å².